The van der Waals surface area contributed by atoms with E-state index in [1.54, 1.807) is 0 Å². The molecule has 21 heavy (non-hydrogen) atoms. The van der Waals surface area contributed by atoms with Crippen molar-refractivity contribution in [3.05, 3.63) is 28.2 Å². The molecule has 1 heterocycles. The summed E-state index contributed by atoms with van der Waals surface area (Å²) in [6.45, 7) is 9.22. The van der Waals surface area contributed by atoms with E-state index in [0.29, 0.717) is 6.04 Å². The molecule has 0 aliphatic carbocycles. The molecule has 1 atom stereocenters. The predicted octanol–water partition coefficient (Wildman–Crippen LogP) is 3.86. The highest BCUT2D eigenvalue weighted by Crippen LogP contribution is 2.33. The third kappa shape index (κ3) is 4.44. The lowest BCUT2D eigenvalue weighted by Gasteiger charge is -2.38. The number of halogens is 1. The standard InChI is InChI=1S/C17H27BrN2O/c1-4-9-19-13(2)15-12-14(18)5-6-16(15)20-10-7-17(3,21)8-11-20/h5-6,12-13,19,21H,4,7-11H2,1-3H3. The zero-order chi connectivity index (χ0) is 15.5. The molecule has 0 aromatic heterocycles. The second kappa shape index (κ2) is 7.12. The highest BCUT2D eigenvalue weighted by atomic mass is 79.9. The summed E-state index contributed by atoms with van der Waals surface area (Å²) in [6.07, 6.45) is 2.80. The number of aliphatic hydroxyl groups is 1. The van der Waals surface area contributed by atoms with E-state index < -0.39 is 5.60 Å². The van der Waals surface area contributed by atoms with Crippen LogP contribution in [0.25, 0.3) is 0 Å². The second-order valence-corrected chi connectivity index (χ2v) is 7.28. The van der Waals surface area contributed by atoms with Crippen molar-refractivity contribution >= 4 is 21.6 Å². The molecule has 1 fully saturated rings. The van der Waals surface area contributed by atoms with Crippen LogP contribution in [0.15, 0.2) is 22.7 Å². The summed E-state index contributed by atoms with van der Waals surface area (Å²) in [5, 5.41) is 13.7. The molecule has 0 bridgehead atoms. The summed E-state index contributed by atoms with van der Waals surface area (Å²) in [5.41, 5.74) is 2.13. The molecular formula is C17H27BrN2O. The molecule has 0 saturated carbocycles. The Morgan fingerprint density at radius 2 is 2.05 bits per heavy atom. The van der Waals surface area contributed by atoms with E-state index in [-0.39, 0.29) is 0 Å². The molecule has 4 heteroatoms. The number of hydrogen-bond acceptors (Lipinski definition) is 3. The largest absolute Gasteiger partial charge is 0.390 e. The van der Waals surface area contributed by atoms with Gasteiger partial charge in [-0.15, -0.1) is 0 Å². The Morgan fingerprint density at radius 3 is 2.67 bits per heavy atom. The molecule has 1 aliphatic rings. The maximum absolute atomic E-state index is 10.1. The van der Waals surface area contributed by atoms with E-state index in [1.165, 1.54) is 11.3 Å². The minimum absolute atomic E-state index is 0.333. The van der Waals surface area contributed by atoms with Gasteiger partial charge in [-0.1, -0.05) is 22.9 Å². The van der Waals surface area contributed by atoms with Crippen molar-refractivity contribution in [1.82, 2.24) is 5.32 Å². The molecule has 118 valence electrons. The molecule has 1 aliphatic heterocycles. The fourth-order valence-corrected chi connectivity index (χ4v) is 3.24. The second-order valence-electron chi connectivity index (χ2n) is 6.36. The molecule has 3 nitrogen and oxygen atoms in total. The maximum Gasteiger partial charge on any atom is 0.0653 e. The van der Waals surface area contributed by atoms with Gasteiger partial charge in [0, 0.05) is 29.3 Å². The lowest BCUT2D eigenvalue weighted by atomic mass is 9.92. The van der Waals surface area contributed by atoms with Crippen LogP contribution in [-0.2, 0) is 0 Å². The molecule has 2 rings (SSSR count). The van der Waals surface area contributed by atoms with E-state index in [9.17, 15) is 5.11 Å². The first kappa shape index (κ1) is 16.8. The van der Waals surface area contributed by atoms with Gasteiger partial charge >= 0.3 is 0 Å². The van der Waals surface area contributed by atoms with Crippen molar-refractivity contribution in [1.29, 1.82) is 0 Å². The lowest BCUT2D eigenvalue weighted by Crippen LogP contribution is -2.43. The molecule has 0 radical (unpaired) electrons. The van der Waals surface area contributed by atoms with Crippen LogP contribution < -0.4 is 10.2 Å². The van der Waals surface area contributed by atoms with Crippen LogP contribution in [0, 0.1) is 0 Å². The van der Waals surface area contributed by atoms with Gasteiger partial charge in [-0.05, 0) is 63.4 Å². The Morgan fingerprint density at radius 1 is 1.38 bits per heavy atom. The summed E-state index contributed by atoms with van der Waals surface area (Å²) >= 11 is 3.59. The Kier molecular flexibility index (Phi) is 5.69. The highest BCUT2D eigenvalue weighted by molar-refractivity contribution is 9.10. The topological polar surface area (TPSA) is 35.5 Å². The van der Waals surface area contributed by atoms with Crippen LogP contribution in [0.1, 0.15) is 51.6 Å². The molecule has 1 saturated heterocycles. The quantitative estimate of drug-likeness (QED) is 0.842. The van der Waals surface area contributed by atoms with Crippen LogP contribution >= 0.6 is 15.9 Å². The van der Waals surface area contributed by atoms with Crippen LogP contribution in [0.3, 0.4) is 0 Å². The number of benzene rings is 1. The van der Waals surface area contributed by atoms with Gasteiger partial charge in [0.2, 0.25) is 0 Å². The van der Waals surface area contributed by atoms with Gasteiger partial charge in [0.25, 0.3) is 0 Å². The van der Waals surface area contributed by atoms with Crippen LogP contribution in [0.5, 0.6) is 0 Å². The minimum Gasteiger partial charge on any atom is -0.390 e. The van der Waals surface area contributed by atoms with Gasteiger partial charge in [-0.25, -0.2) is 0 Å². The third-order valence-corrected chi connectivity index (χ3v) is 4.83. The Bertz CT molecular complexity index is 466. The zero-order valence-corrected chi connectivity index (χ0v) is 14.9. The summed E-state index contributed by atoms with van der Waals surface area (Å²) in [7, 11) is 0. The van der Waals surface area contributed by atoms with Crippen LogP contribution in [0.4, 0.5) is 5.69 Å². The Hall–Kier alpha value is -0.580. The number of anilines is 1. The van der Waals surface area contributed by atoms with Crippen molar-refractivity contribution in [2.45, 2.75) is 51.7 Å². The molecular weight excluding hydrogens is 328 g/mol. The van der Waals surface area contributed by atoms with Crippen LogP contribution in [0.2, 0.25) is 0 Å². The number of hydrogen-bond donors (Lipinski definition) is 2. The average Bonchev–Trinajstić information content (AvgIpc) is 2.45. The SMILES string of the molecule is CCCNC(C)c1cc(Br)ccc1N1CCC(C)(O)CC1. The van der Waals surface area contributed by atoms with Crippen molar-refractivity contribution < 1.29 is 5.11 Å². The van der Waals surface area contributed by atoms with Crippen molar-refractivity contribution in [3.63, 3.8) is 0 Å². The minimum atomic E-state index is -0.502. The van der Waals surface area contributed by atoms with Gasteiger partial charge < -0.3 is 15.3 Å². The molecule has 0 spiro atoms. The number of rotatable bonds is 5. The van der Waals surface area contributed by atoms with Gasteiger partial charge in [-0.3, -0.25) is 0 Å². The van der Waals surface area contributed by atoms with Gasteiger partial charge in [-0.2, -0.15) is 0 Å². The Labute approximate surface area is 136 Å². The first-order valence-electron chi connectivity index (χ1n) is 7.93. The molecule has 0 amide bonds. The highest BCUT2D eigenvalue weighted by Gasteiger charge is 2.28. The van der Waals surface area contributed by atoms with Crippen LogP contribution in [-0.4, -0.2) is 30.3 Å². The molecule has 1 unspecified atom stereocenters. The number of piperidine rings is 1. The average molecular weight is 355 g/mol. The summed E-state index contributed by atoms with van der Waals surface area (Å²) in [4.78, 5) is 2.41. The fraction of sp³-hybridized carbons (Fsp3) is 0.647. The monoisotopic (exact) mass is 354 g/mol. The van der Waals surface area contributed by atoms with Crippen molar-refractivity contribution in [2.24, 2.45) is 0 Å². The molecule has 1 aromatic rings. The number of nitrogens with zero attached hydrogens (tertiary/aromatic N) is 1. The van der Waals surface area contributed by atoms with E-state index in [0.717, 1.165) is 43.4 Å². The summed E-state index contributed by atoms with van der Waals surface area (Å²) in [5.74, 6) is 0. The van der Waals surface area contributed by atoms with Gasteiger partial charge in [0.1, 0.15) is 0 Å². The third-order valence-electron chi connectivity index (χ3n) is 4.34. The predicted molar refractivity (Wildman–Crippen MR) is 92.9 cm³/mol. The Balaban J connectivity index is 2.19. The first-order valence-corrected chi connectivity index (χ1v) is 8.72. The summed E-state index contributed by atoms with van der Waals surface area (Å²) in [6, 6.07) is 6.86. The maximum atomic E-state index is 10.1. The first-order chi connectivity index (χ1) is 9.93. The molecule has 2 N–H and O–H groups in total. The van der Waals surface area contributed by atoms with Crippen molar-refractivity contribution in [3.8, 4) is 0 Å². The fourth-order valence-electron chi connectivity index (χ4n) is 2.86. The smallest absolute Gasteiger partial charge is 0.0653 e. The normalized spacial score (nSPS) is 19.6. The van der Waals surface area contributed by atoms with E-state index >= 15 is 0 Å². The van der Waals surface area contributed by atoms with Crippen molar-refractivity contribution in [2.75, 3.05) is 24.5 Å². The zero-order valence-electron chi connectivity index (χ0n) is 13.3. The van der Waals surface area contributed by atoms with E-state index in [1.807, 2.05) is 6.92 Å². The number of nitrogens with one attached hydrogen (secondary N) is 1. The van der Waals surface area contributed by atoms with Gasteiger partial charge in [0.05, 0.1) is 5.60 Å². The van der Waals surface area contributed by atoms with Gasteiger partial charge in [0.15, 0.2) is 0 Å². The lowest BCUT2D eigenvalue weighted by molar-refractivity contribution is 0.0351. The molecule has 1 aromatic carbocycles. The van der Waals surface area contributed by atoms with E-state index in [4.69, 9.17) is 0 Å². The summed E-state index contributed by atoms with van der Waals surface area (Å²) < 4.78 is 1.12. The van der Waals surface area contributed by atoms with E-state index in [2.05, 4.69) is 58.2 Å².